The molecule has 0 nitrogen and oxygen atoms in total. The number of rotatable bonds is 0. The third kappa shape index (κ3) is 1.36. The minimum absolute atomic E-state index is 0.914. The molecule has 1 unspecified atom stereocenters. The normalized spacial score (nSPS) is 32.0. The van der Waals surface area contributed by atoms with Crippen molar-refractivity contribution in [3.63, 3.8) is 0 Å². The molecule has 0 amide bonds. The van der Waals surface area contributed by atoms with Gasteiger partial charge >= 0.3 is 0 Å². The van der Waals surface area contributed by atoms with E-state index in [0.717, 1.165) is 5.92 Å². The molecule has 76 valence electrons. The maximum Gasteiger partial charge on any atom is 0.00160 e. The van der Waals surface area contributed by atoms with Crippen LogP contribution in [-0.4, -0.2) is 0 Å². The summed E-state index contributed by atoms with van der Waals surface area (Å²) in [6.07, 6.45) is 15.5. The lowest BCUT2D eigenvalue weighted by atomic mass is 9.81. The van der Waals surface area contributed by atoms with Gasteiger partial charge < -0.3 is 0 Å². The van der Waals surface area contributed by atoms with Crippen molar-refractivity contribution in [2.75, 3.05) is 0 Å². The van der Waals surface area contributed by atoms with E-state index in [1.54, 1.807) is 11.1 Å². The van der Waals surface area contributed by atoms with Crippen LogP contribution >= 0.6 is 0 Å². The summed E-state index contributed by atoms with van der Waals surface area (Å²) >= 11 is 0. The minimum atomic E-state index is 0.914. The molecule has 0 aliphatic heterocycles. The van der Waals surface area contributed by atoms with Crippen molar-refractivity contribution < 1.29 is 0 Å². The van der Waals surface area contributed by atoms with Crippen LogP contribution in [0.4, 0.5) is 0 Å². The summed E-state index contributed by atoms with van der Waals surface area (Å²) in [5.41, 5.74) is 5.41. The van der Waals surface area contributed by atoms with Gasteiger partial charge in [0.05, 0.1) is 0 Å². The van der Waals surface area contributed by atoms with Crippen molar-refractivity contribution in [1.82, 2.24) is 0 Å². The van der Waals surface area contributed by atoms with Gasteiger partial charge in [-0.05, 0) is 50.5 Å². The number of hydrogen-bond donors (Lipinski definition) is 0. The van der Waals surface area contributed by atoms with Gasteiger partial charge in [0.15, 0.2) is 0 Å². The van der Waals surface area contributed by atoms with Gasteiger partial charge in [-0.2, -0.15) is 0 Å². The van der Waals surface area contributed by atoms with Crippen molar-refractivity contribution in [2.45, 2.75) is 57.8 Å². The fourth-order valence-corrected chi connectivity index (χ4v) is 3.52. The monoisotopic (exact) mass is 188 g/mol. The summed E-state index contributed by atoms with van der Waals surface area (Å²) in [4.78, 5) is 0. The third-order valence-electron chi connectivity index (χ3n) is 4.24. The molecule has 3 aliphatic rings. The third-order valence-corrected chi connectivity index (χ3v) is 4.24. The molecule has 0 aromatic heterocycles. The van der Waals surface area contributed by atoms with Crippen molar-refractivity contribution in [1.29, 1.82) is 0 Å². The van der Waals surface area contributed by atoms with Crippen LogP contribution in [0, 0.1) is 5.92 Å². The zero-order chi connectivity index (χ0) is 9.38. The summed E-state index contributed by atoms with van der Waals surface area (Å²) in [7, 11) is 0. The Balaban J connectivity index is 1.89. The largest absolute Gasteiger partial charge is 0.0628 e. The first kappa shape index (κ1) is 8.76. The zero-order valence-electron chi connectivity index (χ0n) is 9.02. The summed E-state index contributed by atoms with van der Waals surface area (Å²) in [5.74, 6) is 0.914. The van der Waals surface area contributed by atoms with Crippen LogP contribution in [0.25, 0.3) is 0 Å². The van der Waals surface area contributed by atoms with Gasteiger partial charge in [-0.15, -0.1) is 0 Å². The molecular weight excluding hydrogens is 168 g/mol. The van der Waals surface area contributed by atoms with Gasteiger partial charge in [-0.25, -0.2) is 0 Å². The van der Waals surface area contributed by atoms with Crippen LogP contribution in [0.15, 0.2) is 22.8 Å². The van der Waals surface area contributed by atoms with Crippen LogP contribution in [0.3, 0.4) is 0 Å². The lowest BCUT2D eigenvalue weighted by Crippen LogP contribution is -2.09. The van der Waals surface area contributed by atoms with Crippen molar-refractivity contribution in [2.24, 2.45) is 5.92 Å². The Morgan fingerprint density at radius 3 is 2.71 bits per heavy atom. The van der Waals surface area contributed by atoms with Gasteiger partial charge in [-0.3, -0.25) is 0 Å². The van der Waals surface area contributed by atoms with E-state index in [-0.39, 0.29) is 0 Å². The Hall–Kier alpha value is -0.520. The first-order chi connectivity index (χ1) is 6.95. The lowest BCUT2D eigenvalue weighted by molar-refractivity contribution is 0.495. The molecule has 0 aromatic rings. The fourth-order valence-electron chi connectivity index (χ4n) is 3.52. The Morgan fingerprint density at radius 2 is 1.71 bits per heavy atom. The first-order valence-corrected chi connectivity index (χ1v) is 6.37. The first-order valence-electron chi connectivity index (χ1n) is 6.37. The SMILES string of the molecule is C1=C2CCCCC2C2=C1CCCCC2. The second kappa shape index (κ2) is 3.56. The second-order valence-corrected chi connectivity index (χ2v) is 5.13. The highest BCUT2D eigenvalue weighted by molar-refractivity contribution is 5.43. The number of allylic oxidation sites excluding steroid dienone is 4. The molecule has 0 radical (unpaired) electrons. The zero-order valence-corrected chi connectivity index (χ0v) is 9.02. The molecular formula is C14H20. The molecule has 0 saturated heterocycles. The van der Waals surface area contributed by atoms with Gasteiger partial charge in [0.2, 0.25) is 0 Å². The molecule has 3 rings (SSSR count). The molecule has 3 aliphatic carbocycles. The van der Waals surface area contributed by atoms with E-state index in [0.29, 0.717) is 0 Å². The van der Waals surface area contributed by atoms with E-state index in [9.17, 15) is 0 Å². The van der Waals surface area contributed by atoms with E-state index in [2.05, 4.69) is 6.08 Å². The molecule has 0 aromatic carbocycles. The topological polar surface area (TPSA) is 0 Å². The van der Waals surface area contributed by atoms with Crippen molar-refractivity contribution >= 4 is 0 Å². The van der Waals surface area contributed by atoms with Crippen molar-refractivity contribution in [3.8, 4) is 0 Å². The summed E-state index contributed by atoms with van der Waals surface area (Å²) in [6, 6.07) is 0. The van der Waals surface area contributed by atoms with Gasteiger partial charge in [0.1, 0.15) is 0 Å². The quantitative estimate of drug-likeness (QED) is 0.529. The molecule has 1 saturated carbocycles. The molecule has 0 heteroatoms. The highest BCUT2D eigenvalue weighted by Gasteiger charge is 2.29. The van der Waals surface area contributed by atoms with E-state index in [1.807, 2.05) is 5.57 Å². The molecule has 0 bridgehead atoms. The molecule has 0 spiro atoms. The van der Waals surface area contributed by atoms with Gasteiger partial charge in [0.25, 0.3) is 0 Å². The summed E-state index contributed by atoms with van der Waals surface area (Å²) in [6.45, 7) is 0. The van der Waals surface area contributed by atoms with Gasteiger partial charge in [0, 0.05) is 5.92 Å². The Labute approximate surface area is 87.1 Å². The van der Waals surface area contributed by atoms with Crippen LogP contribution in [-0.2, 0) is 0 Å². The fraction of sp³-hybridized carbons (Fsp3) is 0.714. The highest BCUT2D eigenvalue weighted by Crippen LogP contribution is 2.45. The van der Waals surface area contributed by atoms with E-state index in [1.165, 1.54) is 57.8 Å². The lowest BCUT2D eigenvalue weighted by Gasteiger charge is -2.24. The Morgan fingerprint density at radius 1 is 0.857 bits per heavy atom. The number of fused-ring (bicyclic) bond motifs is 2. The van der Waals surface area contributed by atoms with E-state index in [4.69, 9.17) is 0 Å². The van der Waals surface area contributed by atoms with Crippen LogP contribution < -0.4 is 0 Å². The maximum absolute atomic E-state index is 2.57. The standard InChI is InChI=1S/C14H20/c1-2-6-11-10-12-7-4-5-9-14(12)13(11)8-3-1/h10,14H,1-9H2. The van der Waals surface area contributed by atoms with Gasteiger partial charge in [-0.1, -0.05) is 30.1 Å². The predicted molar refractivity (Wildman–Crippen MR) is 60.2 cm³/mol. The van der Waals surface area contributed by atoms with E-state index >= 15 is 0 Å². The average molecular weight is 188 g/mol. The maximum atomic E-state index is 2.57. The molecule has 0 heterocycles. The highest BCUT2D eigenvalue weighted by atomic mass is 14.3. The minimum Gasteiger partial charge on any atom is -0.0628 e. The predicted octanol–water partition coefficient (Wildman–Crippen LogP) is 4.38. The van der Waals surface area contributed by atoms with Crippen LogP contribution in [0.2, 0.25) is 0 Å². The molecule has 14 heavy (non-hydrogen) atoms. The molecule has 1 fully saturated rings. The molecule has 1 atom stereocenters. The smallest absolute Gasteiger partial charge is 0.00160 e. The average Bonchev–Trinajstić information content (AvgIpc) is 2.42. The second-order valence-electron chi connectivity index (χ2n) is 5.13. The summed E-state index contributed by atoms with van der Waals surface area (Å²) < 4.78 is 0. The Bertz CT molecular complexity index is 293. The molecule has 0 N–H and O–H groups in total. The van der Waals surface area contributed by atoms with Crippen LogP contribution in [0.5, 0.6) is 0 Å². The number of hydrogen-bond acceptors (Lipinski definition) is 0. The Kier molecular flexibility index (Phi) is 2.23. The van der Waals surface area contributed by atoms with E-state index < -0.39 is 0 Å². The summed E-state index contributed by atoms with van der Waals surface area (Å²) in [5, 5.41) is 0. The van der Waals surface area contributed by atoms with Crippen LogP contribution in [0.1, 0.15) is 57.8 Å². The van der Waals surface area contributed by atoms with Crippen molar-refractivity contribution in [3.05, 3.63) is 22.8 Å².